The van der Waals surface area contributed by atoms with Gasteiger partial charge in [0.05, 0.1) is 0 Å². The van der Waals surface area contributed by atoms with Gasteiger partial charge in [-0.1, -0.05) is 24.1 Å². The third-order valence-corrected chi connectivity index (χ3v) is 2.50. The zero-order chi connectivity index (χ0) is 13.9. The van der Waals surface area contributed by atoms with Crippen LogP contribution in [0.1, 0.15) is 18.9 Å². The monoisotopic (exact) mass is 260 g/mol. The average molecular weight is 260 g/mol. The molecule has 0 aliphatic carbocycles. The highest BCUT2D eigenvalue weighted by Crippen LogP contribution is 2.17. The zero-order valence-electron chi connectivity index (χ0n) is 11.2. The topological polar surface area (TPSA) is 50.4 Å². The summed E-state index contributed by atoms with van der Waals surface area (Å²) in [6.07, 6.45) is 6.08. The standard InChI is InChI=1S/C15H20N2O2/c1-3-11-19-15-8-5-4-7-14(15)12-16-9-6-10-17-13(2)18/h1,4-5,7-8,16H,6,9-12H2,2H3,(H,17,18). The lowest BCUT2D eigenvalue weighted by molar-refractivity contribution is -0.118. The Morgan fingerprint density at radius 2 is 2.16 bits per heavy atom. The molecule has 0 unspecified atom stereocenters. The van der Waals surface area contributed by atoms with Crippen molar-refractivity contribution in [2.45, 2.75) is 19.9 Å². The summed E-state index contributed by atoms with van der Waals surface area (Å²) >= 11 is 0. The van der Waals surface area contributed by atoms with Crippen molar-refractivity contribution in [2.75, 3.05) is 19.7 Å². The first kappa shape index (κ1) is 15.1. The van der Waals surface area contributed by atoms with Crippen LogP contribution in [0.2, 0.25) is 0 Å². The highest BCUT2D eigenvalue weighted by Gasteiger charge is 2.01. The first-order valence-electron chi connectivity index (χ1n) is 6.33. The van der Waals surface area contributed by atoms with Gasteiger partial charge in [0.25, 0.3) is 0 Å². The van der Waals surface area contributed by atoms with Crippen molar-refractivity contribution in [3.05, 3.63) is 29.8 Å². The Labute approximate surface area is 114 Å². The van der Waals surface area contributed by atoms with Gasteiger partial charge in [0.15, 0.2) is 0 Å². The normalized spacial score (nSPS) is 9.68. The summed E-state index contributed by atoms with van der Waals surface area (Å²) in [5, 5.41) is 6.07. The quantitative estimate of drug-likeness (QED) is 0.547. The minimum atomic E-state index is 0.00744. The average Bonchev–Trinajstić information content (AvgIpc) is 2.41. The van der Waals surface area contributed by atoms with E-state index in [9.17, 15) is 4.79 Å². The van der Waals surface area contributed by atoms with Crippen LogP contribution in [0.3, 0.4) is 0 Å². The molecule has 19 heavy (non-hydrogen) atoms. The molecule has 0 saturated carbocycles. The Morgan fingerprint density at radius 1 is 1.37 bits per heavy atom. The smallest absolute Gasteiger partial charge is 0.216 e. The zero-order valence-corrected chi connectivity index (χ0v) is 11.2. The van der Waals surface area contributed by atoms with Crippen molar-refractivity contribution >= 4 is 5.91 Å². The van der Waals surface area contributed by atoms with Crippen LogP contribution in [-0.4, -0.2) is 25.6 Å². The van der Waals surface area contributed by atoms with Gasteiger partial charge in [-0.05, 0) is 19.0 Å². The number of para-hydroxylation sites is 1. The van der Waals surface area contributed by atoms with Crippen LogP contribution in [0.25, 0.3) is 0 Å². The molecular weight excluding hydrogens is 240 g/mol. The maximum absolute atomic E-state index is 10.7. The minimum absolute atomic E-state index is 0.00744. The third kappa shape index (κ3) is 6.49. The highest BCUT2D eigenvalue weighted by atomic mass is 16.5. The molecule has 4 heteroatoms. The number of nitrogens with one attached hydrogen (secondary N) is 2. The number of ether oxygens (including phenoxy) is 1. The molecule has 1 aromatic rings. The number of carbonyl (C=O) groups is 1. The third-order valence-electron chi connectivity index (χ3n) is 2.50. The summed E-state index contributed by atoms with van der Waals surface area (Å²) in [5.41, 5.74) is 1.08. The summed E-state index contributed by atoms with van der Waals surface area (Å²) in [7, 11) is 0. The molecule has 1 rings (SSSR count). The van der Waals surface area contributed by atoms with E-state index in [0.717, 1.165) is 30.8 Å². The van der Waals surface area contributed by atoms with Gasteiger partial charge in [-0.2, -0.15) is 0 Å². The number of terminal acetylenes is 1. The van der Waals surface area contributed by atoms with E-state index in [0.29, 0.717) is 6.54 Å². The van der Waals surface area contributed by atoms with Crippen LogP contribution in [-0.2, 0) is 11.3 Å². The molecule has 0 aliphatic rings. The molecule has 4 nitrogen and oxygen atoms in total. The second-order valence-corrected chi connectivity index (χ2v) is 4.11. The van der Waals surface area contributed by atoms with Gasteiger partial charge >= 0.3 is 0 Å². The van der Waals surface area contributed by atoms with Crippen LogP contribution in [0.5, 0.6) is 5.75 Å². The van der Waals surface area contributed by atoms with E-state index in [1.54, 1.807) is 0 Å². The number of benzene rings is 1. The molecule has 0 spiro atoms. The highest BCUT2D eigenvalue weighted by molar-refractivity contribution is 5.72. The van der Waals surface area contributed by atoms with Crippen molar-refractivity contribution < 1.29 is 9.53 Å². The summed E-state index contributed by atoms with van der Waals surface area (Å²) in [5.74, 6) is 3.28. The van der Waals surface area contributed by atoms with E-state index in [-0.39, 0.29) is 12.5 Å². The Kier molecular flexibility index (Phi) is 7.14. The molecule has 0 atom stereocenters. The van der Waals surface area contributed by atoms with Crippen LogP contribution in [0.4, 0.5) is 0 Å². The predicted molar refractivity (Wildman–Crippen MR) is 75.8 cm³/mol. The molecule has 0 saturated heterocycles. The van der Waals surface area contributed by atoms with Crippen molar-refractivity contribution in [3.63, 3.8) is 0 Å². The molecule has 0 radical (unpaired) electrons. The van der Waals surface area contributed by atoms with Gasteiger partial charge in [-0.25, -0.2) is 0 Å². The Hall–Kier alpha value is -1.99. The first-order chi connectivity index (χ1) is 9.24. The maximum Gasteiger partial charge on any atom is 0.216 e. The molecule has 0 bridgehead atoms. The molecule has 1 amide bonds. The molecule has 102 valence electrons. The second kappa shape index (κ2) is 9.01. The van der Waals surface area contributed by atoms with Gasteiger partial charge in [-0.3, -0.25) is 4.79 Å². The van der Waals surface area contributed by atoms with Crippen molar-refractivity contribution in [1.29, 1.82) is 0 Å². The molecule has 0 aromatic heterocycles. The Morgan fingerprint density at radius 3 is 2.89 bits per heavy atom. The molecule has 0 fully saturated rings. The van der Waals surface area contributed by atoms with Crippen molar-refractivity contribution in [3.8, 4) is 18.1 Å². The number of amides is 1. The van der Waals surface area contributed by atoms with Gasteiger partial charge < -0.3 is 15.4 Å². The van der Waals surface area contributed by atoms with E-state index >= 15 is 0 Å². The van der Waals surface area contributed by atoms with Crippen LogP contribution >= 0.6 is 0 Å². The van der Waals surface area contributed by atoms with Crippen molar-refractivity contribution in [1.82, 2.24) is 10.6 Å². The van der Waals surface area contributed by atoms with E-state index < -0.39 is 0 Å². The Balaban J connectivity index is 2.28. The van der Waals surface area contributed by atoms with Gasteiger partial charge in [0.1, 0.15) is 12.4 Å². The van der Waals surface area contributed by atoms with Gasteiger partial charge in [0, 0.05) is 25.6 Å². The predicted octanol–water partition coefficient (Wildman–Crippen LogP) is 1.31. The van der Waals surface area contributed by atoms with Gasteiger partial charge in [-0.15, -0.1) is 6.42 Å². The van der Waals surface area contributed by atoms with Crippen LogP contribution in [0.15, 0.2) is 24.3 Å². The van der Waals surface area contributed by atoms with E-state index in [1.165, 1.54) is 6.92 Å². The lowest BCUT2D eigenvalue weighted by atomic mass is 10.2. The summed E-state index contributed by atoms with van der Waals surface area (Å²) < 4.78 is 5.46. The maximum atomic E-state index is 10.7. The largest absolute Gasteiger partial charge is 0.481 e. The van der Waals surface area contributed by atoms with Gasteiger partial charge in [0.2, 0.25) is 5.91 Å². The fourth-order valence-electron chi connectivity index (χ4n) is 1.61. The lowest BCUT2D eigenvalue weighted by Gasteiger charge is -2.10. The van der Waals surface area contributed by atoms with Crippen LogP contribution < -0.4 is 15.4 Å². The van der Waals surface area contributed by atoms with Crippen molar-refractivity contribution in [2.24, 2.45) is 0 Å². The summed E-state index contributed by atoms with van der Waals surface area (Å²) in [6, 6.07) is 7.81. The van der Waals surface area contributed by atoms with E-state index in [1.807, 2.05) is 24.3 Å². The first-order valence-corrected chi connectivity index (χ1v) is 6.33. The molecule has 0 heterocycles. The minimum Gasteiger partial charge on any atom is -0.481 e. The summed E-state index contributed by atoms with van der Waals surface area (Å²) in [6.45, 7) is 4.05. The molecular formula is C15H20N2O2. The molecule has 0 aliphatic heterocycles. The number of carbonyl (C=O) groups excluding carboxylic acids is 1. The van der Waals surface area contributed by atoms with E-state index in [2.05, 4.69) is 16.6 Å². The Bertz CT molecular complexity index is 438. The SMILES string of the molecule is C#CCOc1ccccc1CNCCCNC(C)=O. The molecule has 2 N–H and O–H groups in total. The molecule has 1 aromatic carbocycles. The summed E-state index contributed by atoms with van der Waals surface area (Å²) in [4.78, 5) is 10.7. The number of hydrogen-bond acceptors (Lipinski definition) is 3. The second-order valence-electron chi connectivity index (χ2n) is 4.11. The number of rotatable bonds is 8. The van der Waals surface area contributed by atoms with Crippen LogP contribution in [0, 0.1) is 12.3 Å². The lowest BCUT2D eigenvalue weighted by Crippen LogP contribution is -2.25. The number of hydrogen-bond donors (Lipinski definition) is 2. The fourth-order valence-corrected chi connectivity index (χ4v) is 1.61. The fraction of sp³-hybridized carbons (Fsp3) is 0.400. The van der Waals surface area contributed by atoms with E-state index in [4.69, 9.17) is 11.2 Å².